The van der Waals surface area contributed by atoms with Gasteiger partial charge in [0.2, 0.25) is 5.88 Å². The summed E-state index contributed by atoms with van der Waals surface area (Å²) < 4.78 is 30.5. The van der Waals surface area contributed by atoms with Crippen LogP contribution < -0.4 is 4.74 Å². The molecule has 0 radical (unpaired) electrons. The molecule has 27 heavy (non-hydrogen) atoms. The summed E-state index contributed by atoms with van der Waals surface area (Å²) in [5.41, 5.74) is 0.0355. The van der Waals surface area contributed by atoms with Gasteiger partial charge in [-0.3, -0.25) is 9.36 Å². The second-order valence-corrected chi connectivity index (χ2v) is 8.91. The van der Waals surface area contributed by atoms with Gasteiger partial charge in [0.05, 0.1) is 16.6 Å². The second kappa shape index (κ2) is 6.90. The van der Waals surface area contributed by atoms with Gasteiger partial charge in [0, 0.05) is 28.2 Å². The van der Waals surface area contributed by atoms with Crippen molar-refractivity contribution < 1.29 is 23.1 Å². The zero-order valence-corrected chi connectivity index (χ0v) is 16.5. The van der Waals surface area contributed by atoms with E-state index in [1.54, 1.807) is 32.0 Å². The summed E-state index contributed by atoms with van der Waals surface area (Å²) in [4.78, 5) is 13.1. The monoisotopic (exact) mass is 407 g/mol. The standard InChI is InChI=1S/C19H18ClNO5S/c1-11(2)26-17-7-6-14(27(3,24)25)9-16(17)19(23)21-10-12-4-5-13(20)8-15(12)18(21)22/h4-11,22H,1-3H3. The van der Waals surface area contributed by atoms with Crippen LogP contribution in [0.3, 0.4) is 0 Å². The number of benzene rings is 2. The van der Waals surface area contributed by atoms with E-state index in [9.17, 15) is 18.3 Å². The van der Waals surface area contributed by atoms with Crippen molar-refractivity contribution in [3.05, 3.63) is 53.2 Å². The number of hydrogen-bond donors (Lipinski definition) is 1. The number of halogens is 1. The lowest BCUT2D eigenvalue weighted by Crippen LogP contribution is -2.15. The van der Waals surface area contributed by atoms with Gasteiger partial charge in [-0.15, -0.1) is 0 Å². The topological polar surface area (TPSA) is 85.6 Å². The Morgan fingerprint density at radius 1 is 1.19 bits per heavy atom. The number of fused-ring (bicyclic) bond motifs is 1. The first-order valence-electron chi connectivity index (χ1n) is 8.13. The number of aromatic hydroxyl groups is 1. The number of hydrogen-bond acceptors (Lipinski definition) is 5. The van der Waals surface area contributed by atoms with E-state index in [2.05, 4.69) is 0 Å². The van der Waals surface area contributed by atoms with Crippen LogP contribution in [0, 0.1) is 0 Å². The van der Waals surface area contributed by atoms with E-state index >= 15 is 0 Å². The summed E-state index contributed by atoms with van der Waals surface area (Å²) in [7, 11) is -3.52. The van der Waals surface area contributed by atoms with Crippen LogP contribution in [0.25, 0.3) is 10.8 Å². The molecule has 3 rings (SSSR count). The average Bonchev–Trinajstić information content (AvgIpc) is 2.89. The van der Waals surface area contributed by atoms with Gasteiger partial charge >= 0.3 is 0 Å². The molecule has 1 N–H and O–H groups in total. The normalized spacial score (nSPS) is 11.9. The SMILES string of the molecule is CC(C)Oc1ccc(S(C)(=O)=O)cc1C(=O)n1cc2ccc(Cl)cc2c1O. The Hall–Kier alpha value is -2.51. The van der Waals surface area contributed by atoms with Crippen LogP contribution in [0.2, 0.25) is 5.02 Å². The maximum absolute atomic E-state index is 13.1. The van der Waals surface area contributed by atoms with Crippen molar-refractivity contribution in [2.75, 3.05) is 6.26 Å². The maximum Gasteiger partial charge on any atom is 0.268 e. The number of carbonyl (C=O) groups is 1. The Labute approximate surface area is 161 Å². The van der Waals surface area contributed by atoms with Gasteiger partial charge in [0.1, 0.15) is 5.75 Å². The fraction of sp³-hybridized carbons (Fsp3) is 0.211. The number of ether oxygens (including phenoxy) is 1. The van der Waals surface area contributed by atoms with E-state index in [4.69, 9.17) is 16.3 Å². The highest BCUT2D eigenvalue weighted by molar-refractivity contribution is 7.90. The first-order valence-corrected chi connectivity index (χ1v) is 10.4. The zero-order chi connectivity index (χ0) is 19.9. The third-order valence-electron chi connectivity index (χ3n) is 3.94. The van der Waals surface area contributed by atoms with Crippen LogP contribution in [0.5, 0.6) is 11.6 Å². The Bertz CT molecular complexity index is 1150. The summed E-state index contributed by atoms with van der Waals surface area (Å²) in [6.07, 6.45) is 2.30. The molecular weight excluding hydrogens is 390 g/mol. The highest BCUT2D eigenvalue weighted by Crippen LogP contribution is 2.32. The quantitative estimate of drug-likeness (QED) is 0.709. The van der Waals surface area contributed by atoms with E-state index in [1.165, 1.54) is 24.4 Å². The number of carbonyl (C=O) groups excluding carboxylic acids is 1. The van der Waals surface area contributed by atoms with E-state index in [0.29, 0.717) is 15.8 Å². The summed E-state index contributed by atoms with van der Waals surface area (Å²) in [6, 6.07) is 8.96. The second-order valence-electron chi connectivity index (χ2n) is 6.46. The molecule has 0 atom stereocenters. The lowest BCUT2D eigenvalue weighted by Gasteiger charge is -2.15. The molecular formula is C19H18ClNO5S. The van der Waals surface area contributed by atoms with E-state index in [1.807, 2.05) is 0 Å². The predicted molar refractivity (Wildman–Crippen MR) is 104 cm³/mol. The van der Waals surface area contributed by atoms with Crippen LogP contribution in [-0.2, 0) is 9.84 Å². The molecule has 0 saturated carbocycles. The van der Waals surface area contributed by atoms with Crippen LogP contribution >= 0.6 is 11.6 Å². The smallest absolute Gasteiger partial charge is 0.268 e. The Morgan fingerprint density at radius 3 is 2.52 bits per heavy atom. The third-order valence-corrected chi connectivity index (χ3v) is 5.29. The summed E-state index contributed by atoms with van der Waals surface area (Å²) in [5.74, 6) is -0.656. The minimum atomic E-state index is -3.52. The van der Waals surface area contributed by atoms with E-state index in [-0.39, 0.29) is 28.2 Å². The highest BCUT2D eigenvalue weighted by Gasteiger charge is 2.22. The Balaban J connectivity index is 2.19. The fourth-order valence-electron chi connectivity index (χ4n) is 2.71. The summed E-state index contributed by atoms with van der Waals surface area (Å²) >= 11 is 5.96. The molecule has 0 aliphatic carbocycles. The third kappa shape index (κ3) is 3.79. The lowest BCUT2D eigenvalue weighted by molar-refractivity contribution is 0.0946. The largest absolute Gasteiger partial charge is 0.494 e. The van der Waals surface area contributed by atoms with Crippen molar-refractivity contribution in [1.82, 2.24) is 4.57 Å². The van der Waals surface area contributed by atoms with Gasteiger partial charge in [-0.05, 0) is 44.2 Å². The molecule has 142 valence electrons. The van der Waals surface area contributed by atoms with Crippen LogP contribution in [-0.4, -0.2) is 36.4 Å². The molecule has 1 aromatic heterocycles. The Kier molecular flexibility index (Phi) is 4.92. The maximum atomic E-state index is 13.1. The first-order chi connectivity index (χ1) is 12.6. The van der Waals surface area contributed by atoms with E-state index < -0.39 is 15.7 Å². The van der Waals surface area contributed by atoms with Crippen molar-refractivity contribution in [3.63, 3.8) is 0 Å². The van der Waals surface area contributed by atoms with E-state index in [0.717, 1.165) is 10.8 Å². The number of nitrogens with zero attached hydrogens (tertiary/aromatic N) is 1. The minimum absolute atomic E-state index is 0.0128. The summed E-state index contributed by atoms with van der Waals surface area (Å²) in [6.45, 7) is 3.59. The lowest BCUT2D eigenvalue weighted by atomic mass is 10.2. The van der Waals surface area contributed by atoms with Crippen LogP contribution in [0.15, 0.2) is 47.5 Å². The average molecular weight is 408 g/mol. The molecule has 6 nitrogen and oxygen atoms in total. The highest BCUT2D eigenvalue weighted by atomic mass is 35.5. The molecule has 0 aliphatic heterocycles. The van der Waals surface area contributed by atoms with Gasteiger partial charge in [-0.25, -0.2) is 8.42 Å². The number of aromatic nitrogens is 1. The fourth-order valence-corrected chi connectivity index (χ4v) is 3.53. The zero-order valence-electron chi connectivity index (χ0n) is 14.9. The van der Waals surface area contributed by atoms with Gasteiger partial charge in [-0.2, -0.15) is 0 Å². The van der Waals surface area contributed by atoms with Gasteiger partial charge in [-0.1, -0.05) is 17.7 Å². The molecule has 2 aromatic carbocycles. The molecule has 0 amide bonds. The van der Waals surface area contributed by atoms with Gasteiger partial charge in [0.25, 0.3) is 5.91 Å². The molecule has 0 fully saturated rings. The van der Waals surface area contributed by atoms with Gasteiger partial charge in [0.15, 0.2) is 9.84 Å². The molecule has 3 aromatic rings. The molecule has 0 aliphatic rings. The van der Waals surface area contributed by atoms with Gasteiger partial charge < -0.3 is 9.84 Å². The summed E-state index contributed by atoms with van der Waals surface area (Å²) in [5, 5.41) is 11.9. The molecule has 0 bridgehead atoms. The van der Waals surface area contributed by atoms with Crippen LogP contribution in [0.1, 0.15) is 24.2 Å². The predicted octanol–water partition coefficient (Wildman–Crippen LogP) is 3.88. The number of sulfone groups is 1. The molecule has 0 saturated heterocycles. The van der Waals surface area contributed by atoms with Crippen molar-refractivity contribution in [2.24, 2.45) is 0 Å². The number of rotatable bonds is 4. The molecule has 1 heterocycles. The Morgan fingerprint density at radius 2 is 1.89 bits per heavy atom. The minimum Gasteiger partial charge on any atom is -0.494 e. The molecule has 0 spiro atoms. The first kappa shape index (κ1) is 19.3. The van der Waals surface area contributed by atoms with Crippen LogP contribution in [0.4, 0.5) is 0 Å². The van der Waals surface area contributed by atoms with Crippen molar-refractivity contribution in [3.8, 4) is 11.6 Å². The molecule has 8 heteroatoms. The van der Waals surface area contributed by atoms with Crippen molar-refractivity contribution in [2.45, 2.75) is 24.8 Å². The van der Waals surface area contributed by atoms with Crippen molar-refractivity contribution >= 4 is 38.1 Å². The molecule has 0 unspecified atom stereocenters. The van der Waals surface area contributed by atoms with Crippen molar-refractivity contribution in [1.29, 1.82) is 0 Å².